The fourth-order valence-corrected chi connectivity index (χ4v) is 6.86. The zero-order chi connectivity index (χ0) is 47.0. The summed E-state index contributed by atoms with van der Waals surface area (Å²) in [4.78, 5) is 15.0. The van der Waals surface area contributed by atoms with E-state index in [0.29, 0.717) is 39.5 Å². The largest absolute Gasteiger partial charge is 0.308 e. The van der Waals surface area contributed by atoms with Crippen LogP contribution in [0.25, 0.3) is 95.0 Å². The summed E-state index contributed by atoms with van der Waals surface area (Å²) in [7, 11) is 0. The lowest BCUT2D eigenvalue weighted by Gasteiger charge is -2.19. The van der Waals surface area contributed by atoms with Crippen molar-refractivity contribution in [2.75, 3.05) is 0 Å². The molecule has 0 unspecified atom stereocenters. The summed E-state index contributed by atoms with van der Waals surface area (Å²) in [6.45, 7) is 0. The van der Waals surface area contributed by atoms with E-state index in [1.165, 1.54) is 4.57 Å². The maximum atomic E-state index is 9.82. The molecule has 0 spiro atoms. The second-order valence-electron chi connectivity index (χ2n) is 12.7. The minimum atomic E-state index is -0.704. The molecule has 0 aliphatic heterocycles. The van der Waals surface area contributed by atoms with Gasteiger partial charge in [-0.25, -0.2) is 15.0 Å². The molecule has 0 radical (unpaired) electrons. The van der Waals surface area contributed by atoms with Crippen molar-refractivity contribution >= 4 is 21.8 Å². The van der Waals surface area contributed by atoms with Gasteiger partial charge in [-0.05, 0) is 58.1 Å². The SMILES string of the molecule is [2H]c1c([2H])c([2H])c(-c2c([2H])c([2H])c3c(c2[2H])c2c([2H])c([2H])c([2H])c([2H])c2n3-c2c(-c3cccc(-c4ccccc4)c3)cccc2-c2nc(-c3ccccc3)nc(-c3ccccc3)n2)c([2H])c1[2H]. The van der Waals surface area contributed by atoms with Gasteiger partial charge in [-0.3, -0.25) is 0 Å². The van der Waals surface area contributed by atoms with Gasteiger partial charge in [0.05, 0.1) is 33.2 Å². The van der Waals surface area contributed by atoms with E-state index in [1.807, 2.05) is 127 Å². The maximum Gasteiger partial charge on any atom is 0.166 e. The van der Waals surface area contributed by atoms with Crippen LogP contribution >= 0.6 is 0 Å². The number of nitrogens with zero attached hydrogens (tertiary/aromatic N) is 4. The van der Waals surface area contributed by atoms with Crippen molar-refractivity contribution in [1.29, 1.82) is 0 Å². The second kappa shape index (κ2) is 13.8. The van der Waals surface area contributed by atoms with Crippen molar-refractivity contribution < 1.29 is 16.4 Å². The second-order valence-corrected chi connectivity index (χ2v) is 12.7. The first-order valence-corrected chi connectivity index (χ1v) is 17.6. The van der Waals surface area contributed by atoms with E-state index in [9.17, 15) is 6.85 Å². The molecule has 0 aliphatic rings. The lowest BCUT2D eigenvalue weighted by Crippen LogP contribution is -2.05. The van der Waals surface area contributed by atoms with Crippen LogP contribution in [-0.2, 0) is 0 Å². The molecule has 0 saturated heterocycles. The van der Waals surface area contributed by atoms with Crippen LogP contribution in [-0.4, -0.2) is 19.5 Å². The van der Waals surface area contributed by atoms with Crippen LogP contribution < -0.4 is 0 Å². The summed E-state index contributed by atoms with van der Waals surface area (Å²) in [5.74, 6) is 0.837. The standard InChI is InChI=1S/C51H34N4/c1-5-17-35(18-6-1)39-25-15-26-41(33-39)42-28-16-29-44(51-53-49(37-21-9-3-10-22-37)52-50(54-51)38-23-11-4-12-24-38)48(42)55-46-30-14-13-27-43(46)45-34-40(31-32-47(45)55)36-19-7-2-8-20-36/h1-34H/i2D,7D,8D,13D,14D,19D,20D,27D,30D,31D,32D,34D. The van der Waals surface area contributed by atoms with Gasteiger partial charge in [-0.1, -0.05) is 176 Å². The highest BCUT2D eigenvalue weighted by atomic mass is 15.1. The van der Waals surface area contributed by atoms with E-state index >= 15 is 0 Å². The molecule has 0 fully saturated rings. The fraction of sp³-hybridized carbons (Fsp3) is 0. The van der Waals surface area contributed by atoms with Crippen LogP contribution in [0.3, 0.4) is 0 Å². The van der Waals surface area contributed by atoms with Crippen LogP contribution in [0.5, 0.6) is 0 Å². The maximum absolute atomic E-state index is 9.82. The molecule has 8 aromatic carbocycles. The molecule has 0 N–H and O–H groups in total. The highest BCUT2D eigenvalue weighted by Crippen LogP contribution is 2.42. The number of hydrogen-bond acceptors (Lipinski definition) is 3. The Morgan fingerprint density at radius 3 is 1.62 bits per heavy atom. The van der Waals surface area contributed by atoms with Gasteiger partial charge in [0.1, 0.15) is 0 Å². The van der Waals surface area contributed by atoms with E-state index in [4.69, 9.17) is 24.5 Å². The molecule has 0 atom stereocenters. The number of para-hydroxylation sites is 2. The number of fused-ring (bicyclic) bond motifs is 3. The van der Waals surface area contributed by atoms with Gasteiger partial charge >= 0.3 is 0 Å². The Morgan fingerprint density at radius 2 is 0.909 bits per heavy atom. The van der Waals surface area contributed by atoms with Crippen molar-refractivity contribution in [3.63, 3.8) is 0 Å². The minimum absolute atomic E-state index is 0.130. The molecule has 2 aromatic heterocycles. The third-order valence-electron chi connectivity index (χ3n) is 9.39. The highest BCUT2D eigenvalue weighted by Gasteiger charge is 2.23. The number of aromatic nitrogens is 4. The zero-order valence-electron chi connectivity index (χ0n) is 41.0. The van der Waals surface area contributed by atoms with Crippen molar-refractivity contribution in [3.8, 4) is 73.2 Å². The average Bonchev–Trinajstić information content (AvgIpc) is 3.73. The van der Waals surface area contributed by atoms with E-state index < -0.39 is 83.6 Å². The average molecular weight is 715 g/mol. The van der Waals surface area contributed by atoms with Crippen LogP contribution in [0.1, 0.15) is 16.4 Å². The first-order valence-electron chi connectivity index (χ1n) is 23.6. The molecule has 4 heteroatoms. The van der Waals surface area contributed by atoms with Crippen molar-refractivity contribution in [2.24, 2.45) is 0 Å². The van der Waals surface area contributed by atoms with Crippen LogP contribution in [0.4, 0.5) is 0 Å². The topological polar surface area (TPSA) is 43.6 Å². The van der Waals surface area contributed by atoms with E-state index in [1.54, 1.807) is 6.07 Å². The summed E-state index contributed by atoms with van der Waals surface area (Å²) in [5.41, 5.74) is 3.72. The predicted molar refractivity (Wildman–Crippen MR) is 227 cm³/mol. The van der Waals surface area contributed by atoms with Gasteiger partial charge in [0.25, 0.3) is 0 Å². The fourth-order valence-electron chi connectivity index (χ4n) is 6.86. The molecule has 2 heterocycles. The molecular weight excluding hydrogens is 669 g/mol. The summed E-state index contributed by atoms with van der Waals surface area (Å²) in [6, 6.07) is 34.0. The smallest absolute Gasteiger partial charge is 0.166 e. The molecule has 4 nitrogen and oxygen atoms in total. The molecule has 55 heavy (non-hydrogen) atoms. The van der Waals surface area contributed by atoms with Gasteiger partial charge in [-0.2, -0.15) is 0 Å². The Bertz CT molecular complexity index is 3570. The van der Waals surface area contributed by atoms with Crippen LogP contribution in [0.2, 0.25) is 0 Å². The Labute approximate surface area is 336 Å². The van der Waals surface area contributed by atoms with E-state index in [-0.39, 0.29) is 33.3 Å². The first kappa shape index (κ1) is 21.9. The molecular formula is C51H34N4. The van der Waals surface area contributed by atoms with Gasteiger partial charge in [-0.15, -0.1) is 0 Å². The van der Waals surface area contributed by atoms with Crippen LogP contribution in [0, 0.1) is 0 Å². The van der Waals surface area contributed by atoms with Crippen molar-refractivity contribution in [1.82, 2.24) is 19.5 Å². The Hall–Kier alpha value is -7.43. The minimum Gasteiger partial charge on any atom is -0.308 e. The Morgan fingerprint density at radius 1 is 0.364 bits per heavy atom. The number of hydrogen-bond donors (Lipinski definition) is 0. The monoisotopic (exact) mass is 714 g/mol. The van der Waals surface area contributed by atoms with Gasteiger partial charge < -0.3 is 4.57 Å². The molecule has 258 valence electrons. The van der Waals surface area contributed by atoms with Crippen LogP contribution in [0.15, 0.2) is 206 Å². The lowest BCUT2D eigenvalue weighted by molar-refractivity contribution is 1.06. The summed E-state index contributed by atoms with van der Waals surface area (Å²) >= 11 is 0. The predicted octanol–water partition coefficient (Wildman–Crippen LogP) is 13.0. The summed E-state index contributed by atoms with van der Waals surface area (Å²) in [5, 5.41) is -0.355. The van der Waals surface area contributed by atoms with Crippen molar-refractivity contribution in [2.45, 2.75) is 0 Å². The van der Waals surface area contributed by atoms with Gasteiger partial charge in [0.15, 0.2) is 17.5 Å². The molecule has 10 aromatic rings. The first-order chi connectivity index (χ1) is 32.3. The summed E-state index contributed by atoms with van der Waals surface area (Å²) < 4.78 is 110. The zero-order valence-corrected chi connectivity index (χ0v) is 29.0. The third-order valence-corrected chi connectivity index (χ3v) is 9.39. The molecule has 0 bridgehead atoms. The molecule has 0 amide bonds. The van der Waals surface area contributed by atoms with Gasteiger partial charge in [0.2, 0.25) is 0 Å². The number of rotatable bonds is 7. The quantitative estimate of drug-likeness (QED) is 0.165. The third kappa shape index (κ3) is 5.96. The normalized spacial score (nSPS) is 14.3. The van der Waals surface area contributed by atoms with E-state index in [2.05, 4.69) is 0 Å². The Balaban J connectivity index is 1.41. The summed E-state index contributed by atoms with van der Waals surface area (Å²) in [6.07, 6.45) is 0. The number of benzene rings is 8. The molecule has 0 saturated carbocycles. The van der Waals surface area contributed by atoms with Gasteiger partial charge in [0, 0.05) is 33.0 Å². The molecule has 10 rings (SSSR count). The lowest BCUT2D eigenvalue weighted by atomic mass is 9.95. The molecule has 0 aliphatic carbocycles. The van der Waals surface area contributed by atoms with Crippen molar-refractivity contribution in [3.05, 3.63) is 206 Å². The Kier molecular flexibility index (Phi) is 5.52. The van der Waals surface area contributed by atoms with E-state index in [0.717, 1.165) is 11.1 Å². The highest BCUT2D eigenvalue weighted by molar-refractivity contribution is 6.11.